The van der Waals surface area contributed by atoms with Crippen molar-refractivity contribution in [3.63, 3.8) is 0 Å². The number of halogens is 1. The normalized spacial score (nSPS) is 13.1. The maximum absolute atomic E-state index is 8.72. The summed E-state index contributed by atoms with van der Waals surface area (Å²) in [4.78, 5) is 2.90. The van der Waals surface area contributed by atoms with Crippen molar-refractivity contribution in [1.82, 2.24) is 0 Å². The molecule has 23 heavy (non-hydrogen) atoms. The molecule has 0 aliphatic heterocycles. The van der Waals surface area contributed by atoms with Crippen LogP contribution in [-0.4, -0.2) is 20.4 Å². The van der Waals surface area contributed by atoms with Gasteiger partial charge in [-0.05, 0) is 28.8 Å². The van der Waals surface area contributed by atoms with Crippen molar-refractivity contribution in [3.05, 3.63) is 80.6 Å². The molecule has 0 bridgehead atoms. The van der Waals surface area contributed by atoms with Gasteiger partial charge in [0.05, 0.1) is 6.10 Å². The second kappa shape index (κ2) is 9.33. The summed E-state index contributed by atoms with van der Waals surface area (Å²) in [6.07, 6.45) is -0.261. The first-order valence-corrected chi connectivity index (χ1v) is 7.97. The molecule has 5 nitrogen and oxygen atoms in total. The van der Waals surface area contributed by atoms with Crippen molar-refractivity contribution in [2.45, 2.75) is 12.0 Å². The van der Waals surface area contributed by atoms with E-state index in [1.54, 1.807) is 7.11 Å². The van der Waals surface area contributed by atoms with Gasteiger partial charge in [0.2, 0.25) is 0 Å². The van der Waals surface area contributed by atoms with Gasteiger partial charge in [0, 0.05) is 29.0 Å². The van der Waals surface area contributed by atoms with Crippen LogP contribution in [0.15, 0.2) is 64.2 Å². The second-order valence-electron chi connectivity index (χ2n) is 4.98. The van der Waals surface area contributed by atoms with Gasteiger partial charge in [0.25, 0.3) is 0 Å². The summed E-state index contributed by atoms with van der Waals surface area (Å²) in [7, 11) is 1.59. The molecule has 2 aromatic rings. The standard InChI is InChI=1S/C17H18BrN3O2/c1-22-12-23-17(14-5-3-2-4-6-14)16(11-20-21-19)13-7-9-15(18)10-8-13/h2-10,16-17H,11-12H2,1H3/t16-,17+/m1/s1. The van der Waals surface area contributed by atoms with Crippen molar-refractivity contribution in [3.8, 4) is 0 Å². The lowest BCUT2D eigenvalue weighted by Crippen LogP contribution is -2.18. The van der Waals surface area contributed by atoms with E-state index in [9.17, 15) is 0 Å². The van der Waals surface area contributed by atoms with Crippen LogP contribution in [0.5, 0.6) is 0 Å². The van der Waals surface area contributed by atoms with Gasteiger partial charge in [0.1, 0.15) is 6.79 Å². The highest BCUT2D eigenvalue weighted by Crippen LogP contribution is 2.35. The van der Waals surface area contributed by atoms with Crippen LogP contribution in [0, 0.1) is 0 Å². The molecule has 0 saturated heterocycles. The Labute approximate surface area is 144 Å². The molecule has 0 N–H and O–H groups in total. The summed E-state index contributed by atoms with van der Waals surface area (Å²) in [5.41, 5.74) is 10.8. The molecule has 0 saturated carbocycles. The number of azide groups is 1. The van der Waals surface area contributed by atoms with E-state index in [2.05, 4.69) is 26.0 Å². The average Bonchev–Trinajstić information content (AvgIpc) is 2.59. The molecule has 6 heteroatoms. The zero-order valence-electron chi connectivity index (χ0n) is 12.8. The number of rotatable bonds is 8. The van der Waals surface area contributed by atoms with Gasteiger partial charge in [-0.2, -0.15) is 0 Å². The molecule has 120 valence electrons. The molecule has 0 heterocycles. The quantitative estimate of drug-likeness (QED) is 0.275. The lowest BCUT2D eigenvalue weighted by molar-refractivity contribution is -0.0816. The monoisotopic (exact) mass is 375 g/mol. The first-order valence-electron chi connectivity index (χ1n) is 7.18. The minimum atomic E-state index is -0.261. The fourth-order valence-electron chi connectivity index (χ4n) is 2.44. The SMILES string of the molecule is COCO[C@@H](c1ccccc1)[C@H](CN=[N+]=[N-])c1ccc(Br)cc1. The highest BCUT2D eigenvalue weighted by molar-refractivity contribution is 9.10. The van der Waals surface area contributed by atoms with E-state index in [1.165, 1.54) is 0 Å². The summed E-state index contributed by atoms with van der Waals surface area (Å²) in [5.74, 6) is -0.100. The molecule has 0 unspecified atom stereocenters. The van der Waals surface area contributed by atoms with Crippen LogP contribution in [0.1, 0.15) is 23.1 Å². The summed E-state index contributed by atoms with van der Waals surface area (Å²) in [6, 6.07) is 17.8. The number of methoxy groups -OCH3 is 1. The number of hydrogen-bond donors (Lipinski definition) is 0. The van der Waals surface area contributed by atoms with E-state index in [0.29, 0.717) is 6.54 Å². The largest absolute Gasteiger partial charge is 0.359 e. The minimum absolute atomic E-state index is 0.100. The fraction of sp³-hybridized carbons (Fsp3) is 0.294. The lowest BCUT2D eigenvalue weighted by Gasteiger charge is -2.27. The zero-order chi connectivity index (χ0) is 16.5. The van der Waals surface area contributed by atoms with Crippen molar-refractivity contribution in [2.75, 3.05) is 20.4 Å². The number of hydrogen-bond acceptors (Lipinski definition) is 3. The lowest BCUT2D eigenvalue weighted by atomic mass is 9.89. The van der Waals surface area contributed by atoms with Crippen molar-refractivity contribution in [2.24, 2.45) is 5.11 Å². The van der Waals surface area contributed by atoms with E-state index < -0.39 is 0 Å². The molecular formula is C17H18BrN3O2. The van der Waals surface area contributed by atoms with Gasteiger partial charge in [0.15, 0.2) is 0 Å². The van der Waals surface area contributed by atoms with Crippen molar-refractivity contribution in [1.29, 1.82) is 0 Å². The molecule has 2 aromatic carbocycles. The molecule has 2 atom stereocenters. The van der Waals surface area contributed by atoms with Gasteiger partial charge in [-0.1, -0.05) is 63.5 Å². The van der Waals surface area contributed by atoms with Crippen LogP contribution < -0.4 is 0 Å². The van der Waals surface area contributed by atoms with Gasteiger partial charge >= 0.3 is 0 Å². The summed E-state index contributed by atoms with van der Waals surface area (Å²) in [5, 5.41) is 3.77. The first kappa shape index (κ1) is 17.5. The average molecular weight is 376 g/mol. The number of benzene rings is 2. The number of nitrogens with zero attached hydrogens (tertiary/aromatic N) is 3. The molecule has 0 fully saturated rings. The second-order valence-corrected chi connectivity index (χ2v) is 5.89. The summed E-state index contributed by atoms with van der Waals surface area (Å²) >= 11 is 3.44. The Kier molecular flexibility index (Phi) is 7.10. The molecule has 0 radical (unpaired) electrons. The van der Waals surface area contributed by atoms with Crippen LogP contribution in [0.4, 0.5) is 0 Å². The van der Waals surface area contributed by atoms with Crippen LogP contribution >= 0.6 is 15.9 Å². The number of ether oxygens (including phenoxy) is 2. The Morgan fingerprint density at radius 2 is 1.78 bits per heavy atom. The summed E-state index contributed by atoms with van der Waals surface area (Å²) in [6.45, 7) is 0.476. The topological polar surface area (TPSA) is 67.2 Å². The van der Waals surface area contributed by atoms with Gasteiger partial charge in [-0.3, -0.25) is 0 Å². The molecular weight excluding hydrogens is 358 g/mol. The fourth-order valence-corrected chi connectivity index (χ4v) is 2.70. The van der Waals surface area contributed by atoms with E-state index in [1.807, 2.05) is 54.6 Å². The maximum atomic E-state index is 8.72. The Morgan fingerprint density at radius 1 is 1.09 bits per heavy atom. The van der Waals surface area contributed by atoms with Crippen molar-refractivity contribution >= 4 is 15.9 Å². The highest BCUT2D eigenvalue weighted by Gasteiger charge is 2.25. The van der Waals surface area contributed by atoms with E-state index in [0.717, 1.165) is 15.6 Å². The van der Waals surface area contributed by atoms with Crippen LogP contribution in [0.2, 0.25) is 0 Å². The van der Waals surface area contributed by atoms with Gasteiger partial charge in [-0.15, -0.1) is 0 Å². The van der Waals surface area contributed by atoms with Crippen LogP contribution in [0.25, 0.3) is 10.4 Å². The molecule has 0 amide bonds. The first-order chi connectivity index (χ1) is 11.3. The van der Waals surface area contributed by atoms with Crippen molar-refractivity contribution < 1.29 is 9.47 Å². The van der Waals surface area contributed by atoms with Crippen LogP contribution in [-0.2, 0) is 9.47 Å². The zero-order valence-corrected chi connectivity index (χ0v) is 14.4. The molecule has 0 spiro atoms. The highest BCUT2D eigenvalue weighted by atomic mass is 79.9. The Balaban J connectivity index is 2.38. The third kappa shape index (κ3) is 5.08. The third-order valence-corrected chi connectivity index (χ3v) is 4.03. The maximum Gasteiger partial charge on any atom is 0.147 e. The Morgan fingerprint density at radius 3 is 2.39 bits per heavy atom. The predicted molar refractivity (Wildman–Crippen MR) is 93.0 cm³/mol. The van der Waals surface area contributed by atoms with E-state index in [4.69, 9.17) is 15.0 Å². The molecule has 0 aliphatic carbocycles. The molecule has 0 aromatic heterocycles. The summed E-state index contributed by atoms with van der Waals surface area (Å²) < 4.78 is 12.0. The predicted octanol–water partition coefficient (Wildman–Crippen LogP) is 5.20. The van der Waals surface area contributed by atoms with E-state index >= 15 is 0 Å². The Hall–Kier alpha value is -1.85. The van der Waals surface area contributed by atoms with E-state index in [-0.39, 0.29) is 18.8 Å². The van der Waals surface area contributed by atoms with Gasteiger partial charge in [-0.25, -0.2) is 0 Å². The third-order valence-electron chi connectivity index (χ3n) is 3.50. The van der Waals surface area contributed by atoms with Gasteiger partial charge < -0.3 is 9.47 Å². The molecule has 0 aliphatic rings. The van der Waals surface area contributed by atoms with Crippen LogP contribution in [0.3, 0.4) is 0 Å². The smallest absolute Gasteiger partial charge is 0.147 e. The molecule has 2 rings (SSSR count). The Bertz CT molecular complexity index is 643. The minimum Gasteiger partial charge on any atom is -0.359 e.